The first-order valence-corrected chi connectivity index (χ1v) is 9.26. The van der Waals surface area contributed by atoms with Crippen LogP contribution in [0.15, 0.2) is 54.5 Å². The maximum absolute atomic E-state index is 13.4. The average molecular weight is 399 g/mol. The van der Waals surface area contributed by atoms with E-state index in [4.69, 9.17) is 10.6 Å². The molecule has 0 radical (unpaired) electrons. The molecule has 3 rings (SSSR count). The van der Waals surface area contributed by atoms with E-state index in [0.29, 0.717) is 10.2 Å². The maximum atomic E-state index is 13.4. The summed E-state index contributed by atoms with van der Waals surface area (Å²) in [5, 5.41) is 8.46. The molecule has 0 amide bonds. The molecule has 0 aliphatic heterocycles. The van der Waals surface area contributed by atoms with Crippen LogP contribution in [0, 0.1) is 6.92 Å². The Hall–Kier alpha value is -2.65. The molecule has 0 saturated heterocycles. The lowest BCUT2D eigenvalue weighted by molar-refractivity contribution is -0.141. The summed E-state index contributed by atoms with van der Waals surface area (Å²) >= 11 is 0. The minimum atomic E-state index is -4.82. The Bertz CT molecular complexity index is 1240. The zero-order valence-corrected chi connectivity index (χ0v) is 14.7. The van der Waals surface area contributed by atoms with E-state index in [1.54, 1.807) is 19.1 Å². The number of aryl methyl sites for hydroxylation is 1. The zero-order valence-electron chi connectivity index (χ0n) is 17.9. The van der Waals surface area contributed by atoms with E-state index in [2.05, 4.69) is 5.10 Å². The second kappa shape index (κ2) is 6.82. The quantitative estimate of drug-likeness (QED) is 0.727. The van der Waals surface area contributed by atoms with E-state index in [1.165, 1.54) is 12.1 Å². The van der Waals surface area contributed by atoms with Gasteiger partial charge in [0, 0.05) is 5.56 Å². The lowest BCUT2D eigenvalue weighted by atomic mass is 10.1. The minimum Gasteiger partial charge on any atom is -0.233 e. The molecule has 0 bridgehead atoms. The number of sulfonamides is 1. The Labute approximate surface area is 159 Å². The molecule has 0 atom stereocenters. The molecule has 3 aromatic rings. The van der Waals surface area contributed by atoms with Gasteiger partial charge in [0.05, 0.1) is 22.6 Å². The molecule has 2 N–H and O–H groups in total. The van der Waals surface area contributed by atoms with Gasteiger partial charge in [-0.3, -0.25) is 0 Å². The first kappa shape index (κ1) is 14.4. The zero-order chi connectivity index (χ0) is 23.3. The van der Waals surface area contributed by atoms with Crippen molar-refractivity contribution < 1.29 is 27.1 Å². The van der Waals surface area contributed by atoms with Crippen LogP contribution in [0.1, 0.15) is 22.3 Å². The van der Waals surface area contributed by atoms with Crippen LogP contribution >= 0.6 is 0 Å². The van der Waals surface area contributed by atoms with Crippen molar-refractivity contribution in [3.63, 3.8) is 0 Å². The van der Waals surface area contributed by atoms with Crippen molar-refractivity contribution in [1.82, 2.24) is 9.78 Å². The third-order valence-electron chi connectivity index (χ3n) is 3.57. The topological polar surface area (TPSA) is 78.0 Å². The Morgan fingerprint density at radius 3 is 2.26 bits per heavy atom. The SMILES string of the molecule is [2H]c1c([2H])c(-n2nc(C(F)(F)F)cc2-c2ccc(C)cc2)c([2H])c([2H])c1CS(N)(=O)=O. The number of aromatic nitrogens is 2. The Kier molecular flexibility index (Phi) is 3.64. The Morgan fingerprint density at radius 1 is 1.15 bits per heavy atom. The highest BCUT2D eigenvalue weighted by Crippen LogP contribution is 2.33. The van der Waals surface area contributed by atoms with Crippen molar-refractivity contribution in [2.75, 3.05) is 0 Å². The van der Waals surface area contributed by atoms with Gasteiger partial charge in [0.25, 0.3) is 0 Å². The Balaban J connectivity index is 2.34. The number of rotatable bonds is 4. The van der Waals surface area contributed by atoms with Crippen LogP contribution < -0.4 is 5.14 Å². The number of primary sulfonamides is 1. The summed E-state index contributed by atoms with van der Waals surface area (Å²) in [4.78, 5) is 0. The van der Waals surface area contributed by atoms with Gasteiger partial charge >= 0.3 is 6.18 Å². The standard InChI is InChI=1S/C18H16F3N3O2S/c1-12-2-6-14(7-3-12)16-10-17(18(19,20)21)23-24(16)15-8-4-13(5-9-15)11-27(22,25)26/h2-10H,11H2,1H3,(H2,22,25,26)/i4D,5D,8D,9D. The van der Waals surface area contributed by atoms with Gasteiger partial charge in [0.1, 0.15) is 0 Å². The summed E-state index contributed by atoms with van der Waals surface area (Å²) in [6, 6.07) is 4.18. The summed E-state index contributed by atoms with van der Waals surface area (Å²) in [6.07, 6.45) is -4.82. The fourth-order valence-corrected chi connectivity index (χ4v) is 2.88. The fraction of sp³-hybridized carbons (Fsp3) is 0.167. The Morgan fingerprint density at radius 2 is 1.74 bits per heavy atom. The number of halogens is 3. The normalized spacial score (nSPS) is 14.4. The molecule has 1 heterocycles. The maximum Gasteiger partial charge on any atom is 0.435 e. The highest BCUT2D eigenvalue weighted by Gasteiger charge is 2.35. The average Bonchev–Trinajstić information content (AvgIpc) is 3.09. The van der Waals surface area contributed by atoms with Crippen LogP contribution in [0.2, 0.25) is 0 Å². The predicted octanol–water partition coefficient (Wildman–Crippen LogP) is 3.66. The van der Waals surface area contributed by atoms with Gasteiger partial charge in [-0.05, 0) is 30.6 Å². The molecule has 0 saturated carbocycles. The number of nitrogens with two attached hydrogens (primary N) is 1. The van der Waals surface area contributed by atoms with Crippen LogP contribution in [0.4, 0.5) is 13.2 Å². The van der Waals surface area contributed by atoms with Crippen molar-refractivity contribution in [3.05, 3.63) is 71.3 Å². The molecule has 9 heteroatoms. The largest absolute Gasteiger partial charge is 0.435 e. The molecular formula is C18H16F3N3O2S. The molecule has 2 aromatic carbocycles. The summed E-state index contributed by atoms with van der Waals surface area (Å²) < 4.78 is 96.1. The highest BCUT2D eigenvalue weighted by atomic mass is 32.2. The van der Waals surface area contributed by atoms with Gasteiger partial charge in [-0.25, -0.2) is 18.2 Å². The van der Waals surface area contributed by atoms with Crippen molar-refractivity contribution in [2.45, 2.75) is 18.9 Å². The van der Waals surface area contributed by atoms with Gasteiger partial charge < -0.3 is 0 Å². The lowest BCUT2D eigenvalue weighted by Gasteiger charge is -2.09. The lowest BCUT2D eigenvalue weighted by Crippen LogP contribution is -2.14. The van der Waals surface area contributed by atoms with Gasteiger partial charge in [0.2, 0.25) is 10.0 Å². The second-order valence-electron chi connectivity index (χ2n) is 5.82. The van der Waals surface area contributed by atoms with Crippen molar-refractivity contribution in [2.24, 2.45) is 5.14 Å². The van der Waals surface area contributed by atoms with E-state index in [9.17, 15) is 21.6 Å². The molecule has 0 spiro atoms. The summed E-state index contributed by atoms with van der Waals surface area (Å²) in [7, 11) is -4.18. The number of nitrogens with zero attached hydrogens (tertiary/aromatic N) is 2. The monoisotopic (exact) mass is 399 g/mol. The summed E-state index contributed by atoms with van der Waals surface area (Å²) in [5.74, 6) is -0.958. The van der Waals surface area contributed by atoms with Crippen molar-refractivity contribution in [3.8, 4) is 16.9 Å². The molecule has 0 fully saturated rings. The van der Waals surface area contributed by atoms with Crippen LogP contribution in [-0.4, -0.2) is 18.2 Å². The van der Waals surface area contributed by atoms with E-state index >= 15 is 0 Å². The van der Waals surface area contributed by atoms with Gasteiger partial charge in [0.15, 0.2) is 5.69 Å². The number of alkyl halides is 3. The van der Waals surface area contributed by atoms with Crippen LogP contribution in [-0.2, 0) is 22.0 Å². The number of benzene rings is 2. The molecule has 0 aliphatic rings. The first-order chi connectivity index (χ1) is 14.2. The molecule has 0 aliphatic carbocycles. The molecule has 1 aromatic heterocycles. The minimum absolute atomic E-state index is 0.104. The van der Waals surface area contributed by atoms with E-state index < -0.39 is 63.1 Å². The molecule has 5 nitrogen and oxygen atoms in total. The summed E-state index contributed by atoms with van der Waals surface area (Å²) in [6.45, 7) is 1.79. The molecule has 0 unspecified atom stereocenters. The van der Waals surface area contributed by atoms with E-state index in [0.717, 1.165) is 11.6 Å². The van der Waals surface area contributed by atoms with Gasteiger partial charge in [-0.2, -0.15) is 18.3 Å². The number of hydrogen-bond donors (Lipinski definition) is 1. The van der Waals surface area contributed by atoms with Crippen LogP contribution in [0.3, 0.4) is 0 Å². The smallest absolute Gasteiger partial charge is 0.233 e. The van der Waals surface area contributed by atoms with E-state index in [1.807, 2.05) is 0 Å². The van der Waals surface area contributed by atoms with Crippen molar-refractivity contribution >= 4 is 10.0 Å². The van der Waals surface area contributed by atoms with Crippen LogP contribution in [0.25, 0.3) is 16.9 Å². The third-order valence-corrected chi connectivity index (χ3v) is 4.26. The highest BCUT2D eigenvalue weighted by molar-refractivity contribution is 7.88. The molecule has 27 heavy (non-hydrogen) atoms. The predicted molar refractivity (Wildman–Crippen MR) is 95.6 cm³/mol. The summed E-state index contributed by atoms with van der Waals surface area (Å²) in [5.41, 5.74) is -1.26. The molecular weight excluding hydrogens is 379 g/mol. The van der Waals surface area contributed by atoms with Crippen molar-refractivity contribution in [1.29, 1.82) is 0 Å². The number of hydrogen-bond acceptors (Lipinski definition) is 3. The second-order valence-corrected chi connectivity index (χ2v) is 7.44. The van der Waals surface area contributed by atoms with Crippen LogP contribution in [0.5, 0.6) is 0 Å². The fourth-order valence-electron chi connectivity index (χ4n) is 2.33. The first-order valence-electron chi connectivity index (χ1n) is 9.55. The van der Waals surface area contributed by atoms with Gasteiger partial charge in [-0.15, -0.1) is 0 Å². The van der Waals surface area contributed by atoms with Gasteiger partial charge in [-0.1, -0.05) is 41.9 Å². The molecule has 142 valence electrons. The van der Waals surface area contributed by atoms with E-state index in [-0.39, 0.29) is 5.69 Å². The third kappa shape index (κ3) is 4.55.